The molecule has 0 aliphatic carbocycles. The van der Waals surface area contributed by atoms with E-state index < -0.39 is 0 Å². The number of nitrogens with two attached hydrogens (primary N) is 1. The zero-order valence-corrected chi connectivity index (χ0v) is 11.8. The lowest BCUT2D eigenvalue weighted by Crippen LogP contribution is -2.34. The van der Waals surface area contributed by atoms with E-state index in [0.29, 0.717) is 24.8 Å². The molecule has 0 saturated carbocycles. The van der Waals surface area contributed by atoms with Crippen LogP contribution in [0.3, 0.4) is 0 Å². The summed E-state index contributed by atoms with van der Waals surface area (Å²) in [5, 5.41) is 0. The molecule has 1 aromatic heterocycles. The van der Waals surface area contributed by atoms with Crippen molar-refractivity contribution in [1.82, 2.24) is 10.3 Å². The summed E-state index contributed by atoms with van der Waals surface area (Å²) in [6.45, 7) is 6.44. The standard InChI is InChI=1S/C13H23N3O3/c1-4-10(2)16(5-6-18-3)8-12-7-11(9-19-12)13(17)15-14/h7,9-10H,4-6,8,14H2,1-3H3,(H,15,17). The van der Waals surface area contributed by atoms with Gasteiger partial charge in [0.25, 0.3) is 5.91 Å². The summed E-state index contributed by atoms with van der Waals surface area (Å²) in [6.07, 6.45) is 2.46. The van der Waals surface area contributed by atoms with Gasteiger partial charge < -0.3 is 9.15 Å². The molecule has 6 nitrogen and oxygen atoms in total. The summed E-state index contributed by atoms with van der Waals surface area (Å²) in [5.74, 6) is 5.48. The van der Waals surface area contributed by atoms with Gasteiger partial charge in [-0.25, -0.2) is 5.84 Å². The lowest BCUT2D eigenvalue weighted by atomic mass is 10.2. The maximum atomic E-state index is 11.3. The smallest absolute Gasteiger partial charge is 0.268 e. The van der Waals surface area contributed by atoms with Gasteiger partial charge >= 0.3 is 0 Å². The summed E-state index contributed by atoms with van der Waals surface area (Å²) in [7, 11) is 1.69. The van der Waals surface area contributed by atoms with Crippen molar-refractivity contribution in [3.05, 3.63) is 23.7 Å². The van der Waals surface area contributed by atoms with Gasteiger partial charge in [0.1, 0.15) is 12.0 Å². The van der Waals surface area contributed by atoms with Gasteiger partial charge in [0.15, 0.2) is 0 Å². The van der Waals surface area contributed by atoms with E-state index in [9.17, 15) is 4.79 Å². The van der Waals surface area contributed by atoms with Crippen LogP contribution < -0.4 is 11.3 Å². The van der Waals surface area contributed by atoms with Gasteiger partial charge in [-0.15, -0.1) is 0 Å². The Morgan fingerprint density at radius 3 is 2.95 bits per heavy atom. The Labute approximate surface area is 113 Å². The van der Waals surface area contributed by atoms with Crippen LogP contribution in [0.15, 0.2) is 16.7 Å². The SMILES string of the molecule is CCC(C)N(CCOC)Cc1cc(C(=O)NN)co1. The molecule has 0 aliphatic rings. The number of nitrogens with zero attached hydrogens (tertiary/aromatic N) is 1. The number of amides is 1. The van der Waals surface area contributed by atoms with Crippen molar-refractivity contribution in [3.8, 4) is 0 Å². The molecule has 0 radical (unpaired) electrons. The number of methoxy groups -OCH3 is 1. The van der Waals surface area contributed by atoms with Crippen LogP contribution in [-0.2, 0) is 11.3 Å². The van der Waals surface area contributed by atoms with Crippen LogP contribution >= 0.6 is 0 Å². The molecule has 1 aromatic rings. The molecule has 108 valence electrons. The molecule has 0 saturated heterocycles. The topological polar surface area (TPSA) is 80.7 Å². The second kappa shape index (κ2) is 7.93. The van der Waals surface area contributed by atoms with Crippen molar-refractivity contribution < 1.29 is 13.9 Å². The van der Waals surface area contributed by atoms with E-state index in [2.05, 4.69) is 24.2 Å². The zero-order chi connectivity index (χ0) is 14.3. The van der Waals surface area contributed by atoms with Gasteiger partial charge in [0.2, 0.25) is 0 Å². The van der Waals surface area contributed by atoms with Crippen LogP contribution in [-0.4, -0.2) is 37.1 Å². The molecule has 0 fully saturated rings. The fourth-order valence-electron chi connectivity index (χ4n) is 1.79. The minimum Gasteiger partial charge on any atom is -0.467 e. The highest BCUT2D eigenvalue weighted by molar-refractivity contribution is 5.93. The fraction of sp³-hybridized carbons (Fsp3) is 0.615. The average molecular weight is 269 g/mol. The average Bonchev–Trinajstić information content (AvgIpc) is 2.90. The molecule has 1 amide bonds. The summed E-state index contributed by atoms with van der Waals surface area (Å²) in [6, 6.07) is 2.14. The van der Waals surface area contributed by atoms with Gasteiger partial charge in [-0.3, -0.25) is 15.1 Å². The molecule has 1 atom stereocenters. The lowest BCUT2D eigenvalue weighted by Gasteiger charge is -2.27. The normalized spacial score (nSPS) is 12.7. The number of hydrazine groups is 1. The number of hydrogen-bond donors (Lipinski definition) is 2. The number of nitrogens with one attached hydrogen (secondary N) is 1. The fourth-order valence-corrected chi connectivity index (χ4v) is 1.79. The van der Waals surface area contributed by atoms with E-state index in [-0.39, 0.29) is 5.91 Å². The van der Waals surface area contributed by atoms with Crippen molar-refractivity contribution in [2.45, 2.75) is 32.9 Å². The van der Waals surface area contributed by atoms with Crippen molar-refractivity contribution in [2.24, 2.45) is 5.84 Å². The predicted octanol–water partition coefficient (Wildman–Crippen LogP) is 1.13. The molecular formula is C13H23N3O3. The van der Waals surface area contributed by atoms with E-state index in [1.165, 1.54) is 6.26 Å². The summed E-state index contributed by atoms with van der Waals surface area (Å²) < 4.78 is 10.5. The summed E-state index contributed by atoms with van der Waals surface area (Å²) in [4.78, 5) is 13.6. The zero-order valence-electron chi connectivity index (χ0n) is 11.8. The number of nitrogen functional groups attached to an aromatic ring is 1. The molecule has 3 N–H and O–H groups in total. The maximum Gasteiger partial charge on any atom is 0.268 e. The first-order chi connectivity index (χ1) is 9.12. The highest BCUT2D eigenvalue weighted by atomic mass is 16.5. The number of carbonyl (C=O) groups excluding carboxylic acids is 1. The third-order valence-corrected chi connectivity index (χ3v) is 3.20. The number of furan rings is 1. The first-order valence-corrected chi connectivity index (χ1v) is 6.43. The number of carbonyl (C=O) groups is 1. The second-order valence-corrected chi connectivity index (χ2v) is 4.50. The highest BCUT2D eigenvalue weighted by Gasteiger charge is 2.16. The van der Waals surface area contributed by atoms with Crippen molar-refractivity contribution in [2.75, 3.05) is 20.3 Å². The van der Waals surface area contributed by atoms with Crippen molar-refractivity contribution in [3.63, 3.8) is 0 Å². The predicted molar refractivity (Wildman–Crippen MR) is 72.4 cm³/mol. The quantitative estimate of drug-likeness (QED) is 0.420. The van der Waals surface area contributed by atoms with Gasteiger partial charge in [0, 0.05) is 19.7 Å². The van der Waals surface area contributed by atoms with E-state index >= 15 is 0 Å². The van der Waals surface area contributed by atoms with Gasteiger partial charge in [-0.1, -0.05) is 6.92 Å². The van der Waals surface area contributed by atoms with Crippen molar-refractivity contribution in [1.29, 1.82) is 0 Å². The first kappa shape index (κ1) is 15.7. The Morgan fingerprint density at radius 1 is 1.63 bits per heavy atom. The van der Waals surface area contributed by atoms with Crippen LogP contribution in [0.25, 0.3) is 0 Å². The van der Waals surface area contributed by atoms with Crippen LogP contribution in [0.5, 0.6) is 0 Å². The summed E-state index contributed by atoms with van der Waals surface area (Å²) in [5.41, 5.74) is 2.52. The van der Waals surface area contributed by atoms with Crippen LogP contribution in [0.1, 0.15) is 36.4 Å². The monoisotopic (exact) mass is 269 g/mol. The van der Waals surface area contributed by atoms with Crippen LogP contribution in [0, 0.1) is 0 Å². The molecule has 0 bridgehead atoms. The Kier molecular flexibility index (Phi) is 6.55. The maximum absolute atomic E-state index is 11.3. The number of ether oxygens (including phenoxy) is 1. The number of hydrogen-bond acceptors (Lipinski definition) is 5. The first-order valence-electron chi connectivity index (χ1n) is 6.43. The lowest BCUT2D eigenvalue weighted by molar-refractivity contribution is 0.0953. The largest absolute Gasteiger partial charge is 0.467 e. The number of rotatable bonds is 8. The molecule has 19 heavy (non-hydrogen) atoms. The second-order valence-electron chi connectivity index (χ2n) is 4.50. The molecule has 0 aliphatic heterocycles. The highest BCUT2D eigenvalue weighted by Crippen LogP contribution is 2.13. The van der Waals surface area contributed by atoms with Crippen LogP contribution in [0.2, 0.25) is 0 Å². The molecule has 0 spiro atoms. The molecule has 1 unspecified atom stereocenters. The molecule has 1 rings (SSSR count). The molecule has 0 aromatic carbocycles. The third-order valence-electron chi connectivity index (χ3n) is 3.20. The van der Waals surface area contributed by atoms with E-state index in [1.54, 1.807) is 13.2 Å². The Morgan fingerprint density at radius 2 is 2.37 bits per heavy atom. The molecular weight excluding hydrogens is 246 g/mol. The van der Waals surface area contributed by atoms with Gasteiger partial charge in [-0.2, -0.15) is 0 Å². The summed E-state index contributed by atoms with van der Waals surface area (Å²) >= 11 is 0. The Hall–Kier alpha value is -1.37. The van der Waals surface area contributed by atoms with E-state index in [0.717, 1.165) is 18.7 Å². The van der Waals surface area contributed by atoms with E-state index in [4.69, 9.17) is 15.0 Å². The van der Waals surface area contributed by atoms with Gasteiger partial charge in [-0.05, 0) is 19.4 Å². The van der Waals surface area contributed by atoms with E-state index in [1.807, 2.05) is 0 Å². The van der Waals surface area contributed by atoms with Gasteiger partial charge in [0.05, 0.1) is 18.7 Å². The Bertz CT molecular complexity index is 392. The molecule has 6 heteroatoms. The molecule has 1 heterocycles. The van der Waals surface area contributed by atoms with Crippen molar-refractivity contribution >= 4 is 5.91 Å². The van der Waals surface area contributed by atoms with Crippen LogP contribution in [0.4, 0.5) is 0 Å². The third kappa shape index (κ3) is 4.66. The minimum atomic E-state index is -0.345. The minimum absolute atomic E-state index is 0.345. The Balaban J connectivity index is 2.67.